The van der Waals surface area contributed by atoms with Crippen molar-refractivity contribution in [3.63, 3.8) is 0 Å². The Morgan fingerprint density at radius 3 is 2.65 bits per heavy atom. The predicted molar refractivity (Wildman–Crippen MR) is 76.5 cm³/mol. The van der Waals surface area contributed by atoms with E-state index in [4.69, 9.17) is 9.84 Å². The van der Waals surface area contributed by atoms with Crippen molar-refractivity contribution in [1.82, 2.24) is 9.80 Å². The summed E-state index contributed by atoms with van der Waals surface area (Å²) in [6.45, 7) is 1.66. The van der Waals surface area contributed by atoms with Gasteiger partial charge in [0.15, 0.2) is 6.61 Å². The molecule has 5 heteroatoms. The summed E-state index contributed by atoms with van der Waals surface area (Å²) in [7, 11) is 4.08. The summed E-state index contributed by atoms with van der Waals surface area (Å²) in [6, 6.07) is 7.56. The second-order valence-corrected chi connectivity index (χ2v) is 5.34. The van der Waals surface area contributed by atoms with Gasteiger partial charge in [0.05, 0.1) is 6.61 Å². The number of carbonyl (C=O) groups excluding carboxylic acids is 1. The van der Waals surface area contributed by atoms with Gasteiger partial charge in [0, 0.05) is 19.1 Å². The standard InChI is InChI=1S/C15H22N2O3/c1-16(2)13-7-8-17(9-13)15(19)11-20-14-5-3-12(10-18)4-6-14/h3-6,13,18H,7-11H2,1-2H3. The molecular formula is C15H22N2O3. The first kappa shape index (κ1) is 14.8. The number of ether oxygens (including phenoxy) is 1. The number of hydrogen-bond acceptors (Lipinski definition) is 4. The number of benzene rings is 1. The first-order valence-electron chi connectivity index (χ1n) is 6.87. The number of aliphatic hydroxyl groups excluding tert-OH is 1. The fraction of sp³-hybridized carbons (Fsp3) is 0.533. The van der Waals surface area contributed by atoms with Crippen LogP contribution in [0.4, 0.5) is 0 Å². The van der Waals surface area contributed by atoms with E-state index < -0.39 is 0 Å². The zero-order valence-electron chi connectivity index (χ0n) is 12.1. The average molecular weight is 278 g/mol. The first-order valence-corrected chi connectivity index (χ1v) is 6.87. The Hall–Kier alpha value is -1.59. The quantitative estimate of drug-likeness (QED) is 0.862. The number of hydrogen-bond donors (Lipinski definition) is 1. The van der Waals surface area contributed by atoms with E-state index in [-0.39, 0.29) is 19.1 Å². The van der Waals surface area contributed by atoms with Crippen LogP contribution in [0.5, 0.6) is 5.75 Å². The highest BCUT2D eigenvalue weighted by atomic mass is 16.5. The lowest BCUT2D eigenvalue weighted by Gasteiger charge is -2.20. The molecule has 2 rings (SSSR count). The largest absolute Gasteiger partial charge is 0.484 e. The van der Waals surface area contributed by atoms with Crippen molar-refractivity contribution in [3.05, 3.63) is 29.8 Å². The molecule has 0 aliphatic carbocycles. The van der Waals surface area contributed by atoms with Gasteiger partial charge in [-0.15, -0.1) is 0 Å². The summed E-state index contributed by atoms with van der Waals surface area (Å²) in [5, 5.41) is 8.95. The van der Waals surface area contributed by atoms with Crippen LogP contribution in [0.2, 0.25) is 0 Å². The van der Waals surface area contributed by atoms with Crippen LogP contribution in [0.3, 0.4) is 0 Å². The second-order valence-electron chi connectivity index (χ2n) is 5.34. The molecule has 1 heterocycles. The minimum atomic E-state index is 0.0128. The van der Waals surface area contributed by atoms with Crippen molar-refractivity contribution >= 4 is 5.91 Å². The normalized spacial score (nSPS) is 18.6. The third-order valence-corrected chi connectivity index (χ3v) is 3.71. The molecule has 1 aromatic carbocycles. The molecule has 1 aliphatic heterocycles. The zero-order chi connectivity index (χ0) is 14.5. The van der Waals surface area contributed by atoms with Crippen LogP contribution in [0.15, 0.2) is 24.3 Å². The van der Waals surface area contributed by atoms with Gasteiger partial charge in [0.2, 0.25) is 0 Å². The molecule has 1 amide bonds. The van der Waals surface area contributed by atoms with Crippen LogP contribution < -0.4 is 4.74 Å². The van der Waals surface area contributed by atoms with Crippen LogP contribution in [0, 0.1) is 0 Å². The van der Waals surface area contributed by atoms with Crippen molar-refractivity contribution in [1.29, 1.82) is 0 Å². The van der Waals surface area contributed by atoms with Gasteiger partial charge in [0.25, 0.3) is 5.91 Å². The molecule has 1 aromatic rings. The minimum absolute atomic E-state index is 0.0128. The van der Waals surface area contributed by atoms with Gasteiger partial charge in [-0.25, -0.2) is 0 Å². The number of rotatable bonds is 5. The lowest BCUT2D eigenvalue weighted by atomic mass is 10.2. The maximum atomic E-state index is 12.1. The number of amides is 1. The molecule has 1 fully saturated rings. The molecule has 1 N–H and O–H groups in total. The molecule has 0 aromatic heterocycles. The minimum Gasteiger partial charge on any atom is -0.484 e. The van der Waals surface area contributed by atoms with Crippen molar-refractivity contribution in [2.75, 3.05) is 33.8 Å². The third kappa shape index (κ3) is 3.71. The third-order valence-electron chi connectivity index (χ3n) is 3.71. The van der Waals surface area contributed by atoms with Crippen molar-refractivity contribution < 1.29 is 14.6 Å². The Bertz CT molecular complexity index is 445. The predicted octanol–water partition coefficient (Wildman–Crippen LogP) is 0.720. The maximum Gasteiger partial charge on any atom is 0.260 e. The molecule has 110 valence electrons. The summed E-state index contributed by atoms with van der Waals surface area (Å²) in [5.74, 6) is 0.680. The van der Waals surface area contributed by atoms with E-state index in [2.05, 4.69) is 4.90 Å². The summed E-state index contributed by atoms with van der Waals surface area (Å²) >= 11 is 0. The number of carbonyl (C=O) groups is 1. The lowest BCUT2D eigenvalue weighted by molar-refractivity contribution is -0.132. The molecule has 1 aliphatic rings. The Morgan fingerprint density at radius 1 is 1.40 bits per heavy atom. The van der Waals surface area contributed by atoms with E-state index >= 15 is 0 Å². The number of aliphatic hydroxyl groups is 1. The smallest absolute Gasteiger partial charge is 0.260 e. The van der Waals surface area contributed by atoms with E-state index in [0.29, 0.717) is 11.8 Å². The van der Waals surface area contributed by atoms with Crippen molar-refractivity contribution in [3.8, 4) is 5.75 Å². The summed E-state index contributed by atoms with van der Waals surface area (Å²) in [5.41, 5.74) is 0.831. The van der Waals surface area contributed by atoms with Gasteiger partial charge in [0.1, 0.15) is 5.75 Å². The highest BCUT2D eigenvalue weighted by molar-refractivity contribution is 5.78. The lowest BCUT2D eigenvalue weighted by Crippen LogP contribution is -2.36. The summed E-state index contributed by atoms with van der Waals surface area (Å²) < 4.78 is 5.49. The van der Waals surface area contributed by atoms with E-state index in [1.807, 2.05) is 19.0 Å². The van der Waals surface area contributed by atoms with Gasteiger partial charge in [-0.1, -0.05) is 12.1 Å². The number of nitrogens with zero attached hydrogens (tertiary/aromatic N) is 2. The fourth-order valence-corrected chi connectivity index (χ4v) is 2.32. The Kier molecular flexibility index (Phi) is 4.98. The molecule has 20 heavy (non-hydrogen) atoms. The average Bonchev–Trinajstić information content (AvgIpc) is 2.95. The Balaban J connectivity index is 1.80. The van der Waals surface area contributed by atoms with Gasteiger partial charge in [-0.3, -0.25) is 4.79 Å². The SMILES string of the molecule is CN(C)C1CCN(C(=O)COc2ccc(CO)cc2)C1. The van der Waals surface area contributed by atoms with E-state index in [1.54, 1.807) is 24.3 Å². The van der Waals surface area contributed by atoms with Crippen LogP contribution >= 0.6 is 0 Å². The molecule has 0 radical (unpaired) electrons. The molecule has 0 spiro atoms. The van der Waals surface area contributed by atoms with Gasteiger partial charge in [-0.2, -0.15) is 0 Å². The Morgan fingerprint density at radius 2 is 2.10 bits per heavy atom. The van der Waals surface area contributed by atoms with Crippen molar-refractivity contribution in [2.24, 2.45) is 0 Å². The van der Waals surface area contributed by atoms with Crippen LogP contribution in [-0.4, -0.2) is 60.6 Å². The van der Waals surface area contributed by atoms with E-state index in [0.717, 1.165) is 25.1 Å². The number of likely N-dealkylation sites (tertiary alicyclic amines) is 1. The highest BCUT2D eigenvalue weighted by Crippen LogP contribution is 2.15. The van der Waals surface area contributed by atoms with Crippen molar-refractivity contribution in [2.45, 2.75) is 19.1 Å². The van der Waals surface area contributed by atoms with Crippen LogP contribution in [0.1, 0.15) is 12.0 Å². The molecule has 1 atom stereocenters. The summed E-state index contributed by atoms with van der Waals surface area (Å²) in [4.78, 5) is 16.1. The summed E-state index contributed by atoms with van der Waals surface area (Å²) in [6.07, 6.45) is 1.02. The maximum absolute atomic E-state index is 12.1. The first-order chi connectivity index (χ1) is 9.60. The number of likely N-dealkylation sites (N-methyl/N-ethyl adjacent to an activating group) is 1. The monoisotopic (exact) mass is 278 g/mol. The van der Waals surface area contributed by atoms with E-state index in [1.165, 1.54) is 0 Å². The van der Waals surface area contributed by atoms with E-state index in [9.17, 15) is 4.79 Å². The van der Waals surface area contributed by atoms with Gasteiger partial charge < -0.3 is 19.6 Å². The topological polar surface area (TPSA) is 53.0 Å². The molecular weight excluding hydrogens is 256 g/mol. The molecule has 0 bridgehead atoms. The van der Waals surface area contributed by atoms with Gasteiger partial charge >= 0.3 is 0 Å². The zero-order valence-corrected chi connectivity index (χ0v) is 12.1. The van der Waals surface area contributed by atoms with Crippen LogP contribution in [-0.2, 0) is 11.4 Å². The Labute approximate surface area is 119 Å². The second kappa shape index (κ2) is 6.72. The molecule has 0 saturated carbocycles. The highest BCUT2D eigenvalue weighted by Gasteiger charge is 2.27. The van der Waals surface area contributed by atoms with Crippen LogP contribution in [0.25, 0.3) is 0 Å². The molecule has 1 unspecified atom stereocenters. The molecule has 1 saturated heterocycles. The molecule has 5 nitrogen and oxygen atoms in total. The fourth-order valence-electron chi connectivity index (χ4n) is 2.32. The van der Waals surface area contributed by atoms with Gasteiger partial charge in [-0.05, 0) is 38.2 Å².